The molecule has 1 aliphatic carbocycles. The van der Waals surface area contributed by atoms with Gasteiger partial charge in [-0.2, -0.15) is 0 Å². The number of ether oxygens (including phenoxy) is 2. The summed E-state index contributed by atoms with van der Waals surface area (Å²) in [5.41, 5.74) is -0.226. The van der Waals surface area contributed by atoms with Gasteiger partial charge in [-0.25, -0.2) is 0 Å². The van der Waals surface area contributed by atoms with Crippen molar-refractivity contribution in [3.63, 3.8) is 0 Å². The maximum absolute atomic E-state index is 11.1. The molecule has 1 atom stereocenters. The first kappa shape index (κ1) is 20.4. The van der Waals surface area contributed by atoms with Gasteiger partial charge in [0.15, 0.2) is 0 Å². The highest BCUT2D eigenvalue weighted by Crippen LogP contribution is 2.39. The maximum Gasteiger partial charge on any atom is 0.302 e. The zero-order valence-corrected chi connectivity index (χ0v) is 16.0. The van der Waals surface area contributed by atoms with Crippen LogP contribution in [0.2, 0.25) is 0 Å². The Hall–Kier alpha value is -0.940. The summed E-state index contributed by atoms with van der Waals surface area (Å²) >= 11 is 0. The molecular weight excluding hydrogens is 318 g/mol. The van der Waals surface area contributed by atoms with Crippen molar-refractivity contribution in [2.45, 2.75) is 102 Å². The summed E-state index contributed by atoms with van der Waals surface area (Å²) in [5, 5.41) is 3.84. The molecule has 2 rings (SSSR count). The third-order valence-electron chi connectivity index (χ3n) is 5.60. The number of esters is 1. The van der Waals surface area contributed by atoms with Crippen LogP contribution in [0.25, 0.3) is 0 Å². The predicted molar refractivity (Wildman–Crippen MR) is 97.3 cm³/mol. The van der Waals surface area contributed by atoms with Gasteiger partial charge in [-0.15, -0.1) is 0 Å². The van der Waals surface area contributed by atoms with Gasteiger partial charge in [0.1, 0.15) is 11.5 Å². The predicted octanol–water partition coefficient (Wildman–Crippen LogP) is 3.89. The molecule has 0 radical (unpaired) electrons. The van der Waals surface area contributed by atoms with Crippen LogP contribution in [0.4, 0.5) is 0 Å². The molecule has 1 N–H and O–H groups in total. The molecule has 0 aromatic heterocycles. The van der Waals surface area contributed by atoms with Crippen molar-refractivity contribution in [1.82, 2.24) is 5.32 Å². The Morgan fingerprint density at radius 2 is 1.72 bits per heavy atom. The number of nitrogens with one attached hydrogen (secondary N) is 1. The largest absolute Gasteiger partial charge is 0.466 e. The zero-order chi connectivity index (χ0) is 18.2. The molecule has 1 spiro atoms. The van der Waals surface area contributed by atoms with Crippen molar-refractivity contribution in [2.75, 3.05) is 13.2 Å². The molecular formula is C20H35NO4. The molecule has 1 unspecified atom stereocenters. The zero-order valence-electron chi connectivity index (χ0n) is 16.0. The molecule has 0 bridgehead atoms. The first-order chi connectivity index (χ1) is 12.0. The van der Waals surface area contributed by atoms with Crippen molar-refractivity contribution < 1.29 is 19.1 Å². The van der Waals surface area contributed by atoms with Crippen LogP contribution in [0.1, 0.15) is 90.9 Å². The number of hydrogen-bond acceptors (Lipinski definition) is 5. The summed E-state index contributed by atoms with van der Waals surface area (Å²) in [6.45, 7) is 4.28. The van der Waals surface area contributed by atoms with Gasteiger partial charge < -0.3 is 14.3 Å². The van der Waals surface area contributed by atoms with E-state index >= 15 is 0 Å². The van der Waals surface area contributed by atoms with E-state index in [1.54, 1.807) is 6.92 Å². The molecule has 2 aliphatic rings. The molecule has 0 aromatic carbocycles. The van der Waals surface area contributed by atoms with Crippen molar-refractivity contribution in [3.05, 3.63) is 0 Å². The average molecular weight is 354 g/mol. The van der Waals surface area contributed by atoms with Crippen LogP contribution in [0.3, 0.4) is 0 Å². The number of Topliss-reactive ketones (excluding diaryl/α,β-unsaturated/α-hetero) is 1. The second-order valence-electron chi connectivity index (χ2n) is 7.96. The Morgan fingerprint density at radius 1 is 1.00 bits per heavy atom. The molecule has 25 heavy (non-hydrogen) atoms. The van der Waals surface area contributed by atoms with Gasteiger partial charge >= 0.3 is 5.97 Å². The van der Waals surface area contributed by atoms with Crippen molar-refractivity contribution in [1.29, 1.82) is 0 Å². The second-order valence-corrected chi connectivity index (χ2v) is 7.96. The van der Waals surface area contributed by atoms with Crippen LogP contribution >= 0.6 is 0 Å². The molecule has 0 amide bonds. The highest BCUT2D eigenvalue weighted by molar-refractivity contribution is 5.75. The molecule has 0 aromatic rings. The lowest BCUT2D eigenvalue weighted by molar-refractivity contribution is -0.141. The lowest BCUT2D eigenvalue weighted by atomic mass is 9.86. The van der Waals surface area contributed by atoms with Crippen LogP contribution in [-0.4, -0.2) is 36.2 Å². The van der Waals surface area contributed by atoms with Gasteiger partial charge in [0.2, 0.25) is 0 Å². The van der Waals surface area contributed by atoms with Crippen LogP contribution in [0.5, 0.6) is 0 Å². The van der Waals surface area contributed by atoms with E-state index < -0.39 is 0 Å². The molecule has 144 valence electrons. The van der Waals surface area contributed by atoms with E-state index in [2.05, 4.69) is 5.32 Å². The standard InChI is InChI=1S/C20H35NO4/c1-17(22)10-6-3-4-7-11-19(14-15-24-18(2)23)16-25-20(21-19)12-8-5-9-13-20/h21H,3-16H2,1-2H3. The molecule has 1 heterocycles. The third kappa shape index (κ3) is 6.70. The summed E-state index contributed by atoms with van der Waals surface area (Å²) in [6, 6.07) is 0. The fourth-order valence-electron chi connectivity index (χ4n) is 4.20. The van der Waals surface area contributed by atoms with Gasteiger partial charge in [0.05, 0.1) is 13.2 Å². The SMILES string of the molecule is CC(=O)CCCCCCC1(CCOC(C)=O)COC2(CCCCC2)N1. The summed E-state index contributed by atoms with van der Waals surface area (Å²) in [7, 11) is 0. The Morgan fingerprint density at radius 3 is 2.40 bits per heavy atom. The number of ketones is 1. The summed E-state index contributed by atoms with van der Waals surface area (Å²) < 4.78 is 11.5. The molecule has 5 heteroatoms. The number of carbonyl (C=O) groups is 2. The first-order valence-corrected chi connectivity index (χ1v) is 10.0. The minimum atomic E-state index is -0.217. The fourth-order valence-corrected chi connectivity index (χ4v) is 4.20. The Labute approximate surface area is 152 Å². The molecule has 2 fully saturated rings. The number of rotatable bonds is 10. The van der Waals surface area contributed by atoms with Gasteiger partial charge in [0.25, 0.3) is 0 Å². The van der Waals surface area contributed by atoms with Crippen LogP contribution in [0.15, 0.2) is 0 Å². The van der Waals surface area contributed by atoms with Gasteiger partial charge in [-0.1, -0.05) is 25.7 Å². The van der Waals surface area contributed by atoms with Gasteiger partial charge in [-0.3, -0.25) is 10.1 Å². The van der Waals surface area contributed by atoms with Crippen molar-refractivity contribution >= 4 is 11.8 Å². The minimum absolute atomic E-state index is 0.0760. The monoisotopic (exact) mass is 353 g/mol. The highest BCUT2D eigenvalue weighted by Gasteiger charge is 2.48. The quantitative estimate of drug-likeness (QED) is 0.477. The molecule has 1 aliphatic heterocycles. The Bertz CT molecular complexity index is 445. The van der Waals surface area contributed by atoms with E-state index in [1.165, 1.54) is 26.2 Å². The summed E-state index contributed by atoms with van der Waals surface area (Å²) in [4.78, 5) is 22.1. The van der Waals surface area contributed by atoms with E-state index in [-0.39, 0.29) is 23.0 Å². The molecule has 1 saturated heterocycles. The van der Waals surface area contributed by atoms with Crippen LogP contribution in [-0.2, 0) is 19.1 Å². The number of carbonyl (C=O) groups excluding carboxylic acids is 2. The van der Waals surface area contributed by atoms with Crippen molar-refractivity contribution in [3.8, 4) is 0 Å². The number of unbranched alkanes of at least 4 members (excludes halogenated alkanes) is 3. The van der Waals surface area contributed by atoms with E-state index in [9.17, 15) is 9.59 Å². The summed E-state index contributed by atoms with van der Waals surface area (Å²) in [5.74, 6) is 0.0635. The van der Waals surface area contributed by atoms with Crippen LogP contribution in [0, 0.1) is 0 Å². The minimum Gasteiger partial charge on any atom is -0.466 e. The lowest BCUT2D eigenvalue weighted by Crippen LogP contribution is -2.53. The van der Waals surface area contributed by atoms with Crippen molar-refractivity contribution in [2.24, 2.45) is 0 Å². The van der Waals surface area contributed by atoms with Gasteiger partial charge in [-0.05, 0) is 45.4 Å². The topological polar surface area (TPSA) is 64.6 Å². The molecule has 1 saturated carbocycles. The first-order valence-electron chi connectivity index (χ1n) is 10.0. The Balaban J connectivity index is 1.82. The van der Waals surface area contributed by atoms with E-state index in [4.69, 9.17) is 9.47 Å². The summed E-state index contributed by atoms with van der Waals surface area (Å²) in [6.07, 6.45) is 12.8. The maximum atomic E-state index is 11.1. The van der Waals surface area contributed by atoms with Gasteiger partial charge in [0, 0.05) is 25.3 Å². The fraction of sp³-hybridized carbons (Fsp3) is 0.900. The number of hydrogen-bond donors (Lipinski definition) is 1. The lowest BCUT2D eigenvalue weighted by Gasteiger charge is -2.36. The second kappa shape index (κ2) is 9.67. The normalized spacial score (nSPS) is 25.2. The van der Waals surface area contributed by atoms with Crippen LogP contribution < -0.4 is 5.32 Å². The van der Waals surface area contributed by atoms with E-state index in [1.807, 2.05) is 0 Å². The Kier molecular flexibility index (Phi) is 7.88. The third-order valence-corrected chi connectivity index (χ3v) is 5.60. The smallest absolute Gasteiger partial charge is 0.302 e. The molecule has 5 nitrogen and oxygen atoms in total. The van der Waals surface area contributed by atoms with E-state index in [0.717, 1.165) is 51.4 Å². The highest BCUT2D eigenvalue weighted by atomic mass is 16.5. The average Bonchev–Trinajstić information content (AvgIpc) is 2.89. The van der Waals surface area contributed by atoms with E-state index in [0.29, 0.717) is 19.6 Å².